The van der Waals surface area contributed by atoms with E-state index < -0.39 is 10.0 Å². The summed E-state index contributed by atoms with van der Waals surface area (Å²) in [6.45, 7) is 1.48. The van der Waals surface area contributed by atoms with Gasteiger partial charge in [-0.25, -0.2) is 22.9 Å². The third-order valence-electron chi connectivity index (χ3n) is 5.64. The SMILES string of the molecule is Cn1cnc(S(=O)(=O)N2CCC(COc3ccc4nc(C5CC5)cn4n3)CC2)c1. The predicted octanol–water partition coefficient (Wildman–Crippen LogP) is 1.82. The van der Waals surface area contributed by atoms with Crippen LogP contribution in [-0.2, 0) is 17.1 Å². The molecule has 0 aromatic carbocycles. The smallest absolute Gasteiger partial charge is 0.262 e. The molecule has 3 aromatic rings. The van der Waals surface area contributed by atoms with Gasteiger partial charge in [0, 0.05) is 38.3 Å². The lowest BCUT2D eigenvalue weighted by Crippen LogP contribution is -2.39. The van der Waals surface area contributed by atoms with E-state index in [-0.39, 0.29) is 5.03 Å². The van der Waals surface area contributed by atoms with Gasteiger partial charge in [0.15, 0.2) is 10.7 Å². The van der Waals surface area contributed by atoms with E-state index in [0.717, 1.165) is 24.2 Å². The van der Waals surface area contributed by atoms with Gasteiger partial charge in [-0.15, -0.1) is 5.10 Å². The summed E-state index contributed by atoms with van der Waals surface area (Å²) in [4.78, 5) is 8.59. The molecule has 0 N–H and O–H groups in total. The number of piperidine rings is 1. The number of fused-ring (bicyclic) bond motifs is 1. The van der Waals surface area contributed by atoms with Crippen molar-refractivity contribution in [3.8, 4) is 5.88 Å². The molecular formula is C19H24N6O3S. The third kappa shape index (κ3) is 3.74. The van der Waals surface area contributed by atoms with E-state index in [1.54, 1.807) is 16.1 Å². The second-order valence-electron chi connectivity index (χ2n) is 7.95. The van der Waals surface area contributed by atoms with E-state index in [9.17, 15) is 8.42 Å². The molecule has 5 rings (SSSR count). The summed E-state index contributed by atoms with van der Waals surface area (Å²) in [5.41, 5.74) is 1.95. The number of imidazole rings is 2. The number of aromatic nitrogens is 5. The zero-order valence-corrected chi connectivity index (χ0v) is 17.1. The highest BCUT2D eigenvalue weighted by atomic mass is 32.2. The minimum Gasteiger partial charge on any atom is -0.476 e. The first-order valence-electron chi connectivity index (χ1n) is 9.96. The van der Waals surface area contributed by atoms with Crippen molar-refractivity contribution in [2.24, 2.45) is 13.0 Å². The third-order valence-corrected chi connectivity index (χ3v) is 7.42. The van der Waals surface area contributed by atoms with Crippen molar-refractivity contribution in [2.75, 3.05) is 19.7 Å². The zero-order valence-electron chi connectivity index (χ0n) is 16.3. The molecule has 1 aliphatic heterocycles. The fraction of sp³-hybridized carbons (Fsp3) is 0.526. The van der Waals surface area contributed by atoms with Crippen molar-refractivity contribution in [3.05, 3.63) is 36.5 Å². The van der Waals surface area contributed by atoms with E-state index in [1.807, 2.05) is 18.3 Å². The molecule has 3 aromatic heterocycles. The van der Waals surface area contributed by atoms with E-state index in [1.165, 1.54) is 29.7 Å². The summed E-state index contributed by atoms with van der Waals surface area (Å²) in [5.74, 6) is 1.46. The van der Waals surface area contributed by atoms with E-state index in [0.29, 0.717) is 37.4 Å². The summed E-state index contributed by atoms with van der Waals surface area (Å²) < 4.78 is 36.2. The Hall–Kier alpha value is -2.46. The normalized spacial score (nSPS) is 19.1. The lowest BCUT2D eigenvalue weighted by Gasteiger charge is -2.30. The van der Waals surface area contributed by atoms with Crippen LogP contribution < -0.4 is 4.74 Å². The van der Waals surface area contributed by atoms with Crippen LogP contribution in [0.5, 0.6) is 5.88 Å². The van der Waals surface area contributed by atoms with Crippen LogP contribution in [0.4, 0.5) is 0 Å². The van der Waals surface area contributed by atoms with E-state index in [2.05, 4.69) is 15.1 Å². The molecule has 29 heavy (non-hydrogen) atoms. The number of nitrogens with zero attached hydrogens (tertiary/aromatic N) is 6. The van der Waals surface area contributed by atoms with Crippen LogP contribution in [0.25, 0.3) is 5.65 Å². The second kappa shape index (κ2) is 7.10. The quantitative estimate of drug-likeness (QED) is 0.608. The standard InChI is InChI=1S/C19H24N6O3S/c1-23-11-19(20-13-23)29(26,27)24-8-6-14(7-9-24)12-28-18-5-4-17-21-16(15-2-3-15)10-25(17)22-18/h4-5,10-11,13-15H,2-3,6-9,12H2,1H3. The molecule has 4 heterocycles. The van der Waals surface area contributed by atoms with Gasteiger partial charge in [0.05, 0.1) is 24.8 Å². The molecule has 10 heteroatoms. The fourth-order valence-electron chi connectivity index (χ4n) is 3.71. The number of hydrogen-bond donors (Lipinski definition) is 0. The molecule has 1 saturated heterocycles. The highest BCUT2D eigenvalue weighted by Crippen LogP contribution is 2.39. The summed E-state index contributed by atoms with van der Waals surface area (Å²) in [6, 6.07) is 3.77. The molecule has 154 valence electrons. The molecule has 1 aliphatic carbocycles. The summed E-state index contributed by atoms with van der Waals surface area (Å²) in [7, 11) is -1.76. The minimum absolute atomic E-state index is 0.109. The highest BCUT2D eigenvalue weighted by molar-refractivity contribution is 7.89. The topological polar surface area (TPSA) is 94.6 Å². The Bertz CT molecular complexity index is 1130. The monoisotopic (exact) mass is 416 g/mol. The van der Waals surface area contributed by atoms with Crippen molar-refractivity contribution >= 4 is 15.7 Å². The maximum absolute atomic E-state index is 12.7. The Kier molecular flexibility index (Phi) is 4.54. The van der Waals surface area contributed by atoms with Crippen LogP contribution in [0.3, 0.4) is 0 Å². The average Bonchev–Trinajstić information content (AvgIpc) is 3.33. The van der Waals surface area contributed by atoms with Crippen molar-refractivity contribution in [2.45, 2.75) is 36.6 Å². The molecule has 0 atom stereocenters. The molecular weight excluding hydrogens is 392 g/mol. The van der Waals surface area contributed by atoms with E-state index >= 15 is 0 Å². The minimum atomic E-state index is -3.52. The first-order chi connectivity index (χ1) is 14.0. The summed E-state index contributed by atoms with van der Waals surface area (Å²) in [5, 5.41) is 4.61. The second-order valence-corrected chi connectivity index (χ2v) is 9.84. The van der Waals surface area contributed by atoms with Crippen LogP contribution in [0.1, 0.15) is 37.3 Å². The fourth-order valence-corrected chi connectivity index (χ4v) is 5.15. The van der Waals surface area contributed by atoms with Crippen molar-refractivity contribution in [3.63, 3.8) is 0 Å². The molecule has 0 bridgehead atoms. The summed E-state index contributed by atoms with van der Waals surface area (Å²) >= 11 is 0. The maximum Gasteiger partial charge on any atom is 0.262 e. The largest absolute Gasteiger partial charge is 0.476 e. The highest BCUT2D eigenvalue weighted by Gasteiger charge is 2.31. The molecule has 2 fully saturated rings. The molecule has 9 nitrogen and oxygen atoms in total. The van der Waals surface area contributed by atoms with E-state index in [4.69, 9.17) is 4.74 Å². The van der Waals surface area contributed by atoms with Gasteiger partial charge in [0.2, 0.25) is 5.88 Å². The zero-order chi connectivity index (χ0) is 20.0. The number of rotatable bonds is 6. The van der Waals surface area contributed by atoms with Crippen molar-refractivity contribution in [1.29, 1.82) is 0 Å². The average molecular weight is 417 g/mol. The molecule has 0 spiro atoms. The predicted molar refractivity (Wildman–Crippen MR) is 105 cm³/mol. The Labute approximate surface area is 169 Å². The van der Waals surface area contributed by atoms with Crippen LogP contribution in [0, 0.1) is 5.92 Å². The van der Waals surface area contributed by atoms with Gasteiger partial charge >= 0.3 is 0 Å². The van der Waals surface area contributed by atoms with Gasteiger partial charge in [0.25, 0.3) is 10.0 Å². The Balaban J connectivity index is 1.17. The van der Waals surface area contributed by atoms with Gasteiger partial charge in [-0.2, -0.15) is 4.31 Å². The van der Waals surface area contributed by atoms with Gasteiger partial charge in [-0.3, -0.25) is 0 Å². The van der Waals surface area contributed by atoms with Gasteiger partial charge in [0.1, 0.15) is 0 Å². The summed E-state index contributed by atoms with van der Waals surface area (Å²) in [6.07, 6.45) is 8.96. The number of hydrogen-bond acceptors (Lipinski definition) is 6. The molecule has 0 amide bonds. The maximum atomic E-state index is 12.7. The first kappa shape index (κ1) is 18.6. The number of sulfonamides is 1. The van der Waals surface area contributed by atoms with Crippen LogP contribution in [0.2, 0.25) is 0 Å². The van der Waals surface area contributed by atoms with Crippen molar-refractivity contribution in [1.82, 2.24) is 28.5 Å². The van der Waals surface area contributed by atoms with Gasteiger partial charge < -0.3 is 9.30 Å². The lowest BCUT2D eigenvalue weighted by molar-refractivity contribution is 0.179. The molecule has 2 aliphatic rings. The van der Waals surface area contributed by atoms with Crippen LogP contribution in [0.15, 0.2) is 35.9 Å². The number of ether oxygens (including phenoxy) is 1. The Morgan fingerprint density at radius 2 is 1.93 bits per heavy atom. The lowest BCUT2D eigenvalue weighted by atomic mass is 9.99. The van der Waals surface area contributed by atoms with Crippen LogP contribution in [-0.4, -0.2) is 56.6 Å². The van der Waals surface area contributed by atoms with Gasteiger partial charge in [-0.05, 0) is 37.7 Å². The molecule has 0 unspecified atom stereocenters. The Morgan fingerprint density at radius 1 is 1.14 bits per heavy atom. The number of aryl methyl sites for hydroxylation is 1. The van der Waals surface area contributed by atoms with Crippen molar-refractivity contribution < 1.29 is 13.2 Å². The Morgan fingerprint density at radius 3 is 2.62 bits per heavy atom. The molecule has 1 saturated carbocycles. The molecule has 0 radical (unpaired) electrons. The van der Waals surface area contributed by atoms with Gasteiger partial charge in [-0.1, -0.05) is 0 Å². The first-order valence-corrected chi connectivity index (χ1v) is 11.4. The van der Waals surface area contributed by atoms with Crippen LogP contribution >= 0.6 is 0 Å².